The number of hydrogen-bond donors (Lipinski definition) is 2. The summed E-state index contributed by atoms with van der Waals surface area (Å²) in [4.78, 5) is 25.2. The second-order valence-electron chi connectivity index (χ2n) is 8.40. The van der Waals surface area contributed by atoms with Gasteiger partial charge < -0.3 is 15.4 Å². The quantitative estimate of drug-likeness (QED) is 0.273. The van der Waals surface area contributed by atoms with E-state index in [0.29, 0.717) is 17.0 Å². The molecule has 0 saturated heterocycles. The standard InChI is InChI=1S/C27H24F3N5O3S/c1-17-5-3-6-18(13-17)25(37)31-15-23-33-34-26(35(23)21-8-4-7-19(14-21)27(28,29)30)39-16-24(36)32-20-9-11-22(38-2)12-10-20/h3-14H,15-16H2,1-2H3,(H,31,37)(H,32,36). The van der Waals surface area contributed by atoms with E-state index >= 15 is 0 Å². The molecule has 0 saturated carbocycles. The van der Waals surface area contributed by atoms with Gasteiger partial charge in [-0.2, -0.15) is 13.2 Å². The fourth-order valence-electron chi connectivity index (χ4n) is 3.64. The molecule has 0 fully saturated rings. The first-order valence-electron chi connectivity index (χ1n) is 11.7. The Hall–Kier alpha value is -4.32. The minimum Gasteiger partial charge on any atom is -0.497 e. The number of hydrogen-bond acceptors (Lipinski definition) is 6. The zero-order valence-corrected chi connectivity index (χ0v) is 21.8. The molecule has 0 aliphatic rings. The van der Waals surface area contributed by atoms with Crippen LogP contribution in [0.3, 0.4) is 0 Å². The lowest BCUT2D eigenvalue weighted by molar-refractivity contribution is -0.137. The highest BCUT2D eigenvalue weighted by Crippen LogP contribution is 2.32. The number of halogens is 3. The number of alkyl halides is 3. The first kappa shape index (κ1) is 27.7. The summed E-state index contributed by atoms with van der Waals surface area (Å²) in [7, 11) is 1.53. The molecule has 1 aromatic heterocycles. The molecule has 4 rings (SSSR count). The molecule has 1 heterocycles. The maximum Gasteiger partial charge on any atom is 0.416 e. The Kier molecular flexibility index (Phi) is 8.55. The van der Waals surface area contributed by atoms with Crippen LogP contribution in [0.25, 0.3) is 5.69 Å². The highest BCUT2D eigenvalue weighted by molar-refractivity contribution is 7.99. The summed E-state index contributed by atoms with van der Waals surface area (Å²) in [5.74, 6) is 0.0362. The van der Waals surface area contributed by atoms with Gasteiger partial charge in [0.25, 0.3) is 5.91 Å². The van der Waals surface area contributed by atoms with Crippen molar-refractivity contribution >= 4 is 29.3 Å². The number of ether oxygens (including phenoxy) is 1. The first-order valence-corrected chi connectivity index (χ1v) is 12.7. The predicted octanol–water partition coefficient (Wildman–Crippen LogP) is 5.26. The zero-order chi connectivity index (χ0) is 28.0. The number of amides is 2. The number of thioether (sulfide) groups is 1. The van der Waals surface area contributed by atoms with Gasteiger partial charge in [-0.15, -0.1) is 10.2 Å². The van der Waals surface area contributed by atoms with Gasteiger partial charge in [0, 0.05) is 11.3 Å². The van der Waals surface area contributed by atoms with Gasteiger partial charge in [0.05, 0.1) is 30.7 Å². The number of benzene rings is 3. The molecular formula is C27H24F3N5O3S. The normalized spacial score (nSPS) is 11.2. The van der Waals surface area contributed by atoms with Crippen LogP contribution < -0.4 is 15.4 Å². The molecule has 0 atom stereocenters. The van der Waals surface area contributed by atoms with Gasteiger partial charge in [0.2, 0.25) is 5.91 Å². The van der Waals surface area contributed by atoms with Crippen LogP contribution in [0.15, 0.2) is 78.0 Å². The Morgan fingerprint density at radius 3 is 2.44 bits per heavy atom. The molecule has 0 radical (unpaired) electrons. The molecule has 202 valence electrons. The third-order valence-corrected chi connectivity index (χ3v) is 6.45. The van der Waals surface area contributed by atoms with E-state index in [9.17, 15) is 22.8 Å². The molecule has 0 aliphatic carbocycles. The van der Waals surface area contributed by atoms with Crippen LogP contribution in [0.5, 0.6) is 5.75 Å². The minimum absolute atomic E-state index is 0.0845. The van der Waals surface area contributed by atoms with E-state index in [2.05, 4.69) is 20.8 Å². The highest BCUT2D eigenvalue weighted by atomic mass is 32.2. The summed E-state index contributed by atoms with van der Waals surface area (Å²) < 4.78 is 46.8. The van der Waals surface area contributed by atoms with Gasteiger partial charge in [0.15, 0.2) is 11.0 Å². The number of nitrogens with one attached hydrogen (secondary N) is 2. The second-order valence-corrected chi connectivity index (χ2v) is 9.34. The van der Waals surface area contributed by atoms with Crippen molar-refractivity contribution in [1.82, 2.24) is 20.1 Å². The molecule has 0 unspecified atom stereocenters. The largest absolute Gasteiger partial charge is 0.497 e. The lowest BCUT2D eigenvalue weighted by Crippen LogP contribution is -2.24. The van der Waals surface area contributed by atoms with Gasteiger partial charge in [-0.25, -0.2) is 0 Å². The Morgan fingerprint density at radius 1 is 1.00 bits per heavy atom. The van der Waals surface area contributed by atoms with E-state index in [1.807, 2.05) is 13.0 Å². The van der Waals surface area contributed by atoms with Crippen LogP contribution in [-0.4, -0.2) is 39.4 Å². The Bertz CT molecular complexity index is 1470. The molecule has 2 N–H and O–H groups in total. The van der Waals surface area contributed by atoms with Crippen LogP contribution in [-0.2, 0) is 17.5 Å². The summed E-state index contributed by atoms with van der Waals surface area (Å²) in [6.45, 7) is 1.75. The third kappa shape index (κ3) is 7.17. The van der Waals surface area contributed by atoms with Crippen LogP contribution in [0.2, 0.25) is 0 Å². The van der Waals surface area contributed by atoms with Gasteiger partial charge >= 0.3 is 6.18 Å². The van der Waals surface area contributed by atoms with Crippen molar-refractivity contribution in [3.05, 3.63) is 95.3 Å². The van der Waals surface area contributed by atoms with E-state index < -0.39 is 11.7 Å². The summed E-state index contributed by atoms with van der Waals surface area (Å²) in [5, 5.41) is 13.9. The molecule has 12 heteroatoms. The number of anilines is 1. The van der Waals surface area contributed by atoms with Crippen LogP contribution >= 0.6 is 11.8 Å². The van der Waals surface area contributed by atoms with E-state index in [1.165, 1.54) is 23.8 Å². The summed E-state index contributed by atoms with van der Waals surface area (Å²) in [5.41, 5.74) is 1.19. The first-order chi connectivity index (χ1) is 18.6. The Labute approximate surface area is 226 Å². The Balaban J connectivity index is 1.55. The monoisotopic (exact) mass is 555 g/mol. The average molecular weight is 556 g/mol. The zero-order valence-electron chi connectivity index (χ0n) is 21.0. The number of carbonyl (C=O) groups excluding carboxylic acids is 2. The molecule has 2 amide bonds. The molecule has 0 bridgehead atoms. The maximum absolute atomic E-state index is 13.4. The summed E-state index contributed by atoms with van der Waals surface area (Å²) in [6, 6.07) is 18.4. The van der Waals surface area contributed by atoms with Crippen LogP contribution in [0, 0.1) is 6.92 Å². The van der Waals surface area contributed by atoms with Crippen molar-refractivity contribution in [1.29, 1.82) is 0 Å². The number of aromatic nitrogens is 3. The second kappa shape index (κ2) is 12.0. The number of carbonyl (C=O) groups is 2. The average Bonchev–Trinajstić information content (AvgIpc) is 3.33. The SMILES string of the molecule is COc1ccc(NC(=O)CSc2nnc(CNC(=O)c3cccc(C)c3)n2-c2cccc(C(F)(F)F)c2)cc1. The van der Waals surface area contributed by atoms with Crippen molar-refractivity contribution in [2.24, 2.45) is 0 Å². The van der Waals surface area contributed by atoms with Crippen molar-refractivity contribution < 1.29 is 27.5 Å². The molecule has 0 spiro atoms. The van der Waals surface area contributed by atoms with Crippen LogP contribution in [0.4, 0.5) is 18.9 Å². The number of nitrogens with zero attached hydrogens (tertiary/aromatic N) is 3. The van der Waals surface area contributed by atoms with E-state index in [4.69, 9.17) is 4.74 Å². The number of aryl methyl sites for hydroxylation is 1. The molecule has 0 aliphatic heterocycles. The smallest absolute Gasteiger partial charge is 0.416 e. The van der Waals surface area contributed by atoms with Gasteiger partial charge in [-0.05, 0) is 61.5 Å². The molecule has 3 aromatic carbocycles. The summed E-state index contributed by atoms with van der Waals surface area (Å²) in [6.07, 6.45) is -4.56. The maximum atomic E-state index is 13.4. The molecular weight excluding hydrogens is 531 g/mol. The summed E-state index contributed by atoms with van der Waals surface area (Å²) >= 11 is 1.00. The minimum atomic E-state index is -4.56. The third-order valence-electron chi connectivity index (χ3n) is 5.53. The lowest BCUT2D eigenvalue weighted by Gasteiger charge is -2.13. The number of methoxy groups -OCH3 is 1. The van der Waals surface area contributed by atoms with Crippen molar-refractivity contribution in [3.63, 3.8) is 0 Å². The topological polar surface area (TPSA) is 98.1 Å². The van der Waals surface area contributed by atoms with Gasteiger partial charge in [-0.1, -0.05) is 35.5 Å². The molecule has 8 nitrogen and oxygen atoms in total. The van der Waals surface area contributed by atoms with E-state index in [1.54, 1.807) is 42.5 Å². The molecule has 39 heavy (non-hydrogen) atoms. The Morgan fingerprint density at radius 2 is 1.74 bits per heavy atom. The van der Waals surface area contributed by atoms with Crippen LogP contribution in [0.1, 0.15) is 27.3 Å². The highest BCUT2D eigenvalue weighted by Gasteiger charge is 2.31. The predicted molar refractivity (Wildman–Crippen MR) is 141 cm³/mol. The number of rotatable bonds is 9. The lowest BCUT2D eigenvalue weighted by atomic mass is 10.1. The fourth-order valence-corrected chi connectivity index (χ4v) is 4.41. The van der Waals surface area contributed by atoms with Crippen molar-refractivity contribution in [3.8, 4) is 11.4 Å². The van der Waals surface area contributed by atoms with Gasteiger partial charge in [0.1, 0.15) is 5.75 Å². The van der Waals surface area contributed by atoms with Gasteiger partial charge in [-0.3, -0.25) is 14.2 Å². The fraction of sp³-hybridized carbons (Fsp3) is 0.185. The van der Waals surface area contributed by atoms with E-state index in [0.717, 1.165) is 29.5 Å². The van der Waals surface area contributed by atoms with E-state index in [-0.39, 0.29) is 40.8 Å². The molecule has 4 aromatic rings. The van der Waals surface area contributed by atoms with Crippen molar-refractivity contribution in [2.45, 2.75) is 24.8 Å². The van der Waals surface area contributed by atoms with Crippen molar-refractivity contribution in [2.75, 3.05) is 18.2 Å².